The van der Waals surface area contributed by atoms with E-state index >= 15 is 0 Å². The summed E-state index contributed by atoms with van der Waals surface area (Å²) in [5, 5.41) is 5.58. The first-order chi connectivity index (χ1) is 17.8. The highest BCUT2D eigenvalue weighted by Gasteiger charge is 2.26. The normalized spacial score (nSPS) is 14.2. The SMILES string of the molecule is COC(=O)[C@@H](C)CN(C(=O)NC=Nc1ccc(N2CCOCC2)c(F)c1)C(=O)NCc1ccc(Cl)cc1. The molecule has 10 nitrogen and oxygen atoms in total. The quantitative estimate of drug-likeness (QED) is 0.304. The zero-order valence-electron chi connectivity index (χ0n) is 20.6. The first-order valence-electron chi connectivity index (χ1n) is 11.6. The number of ether oxygens (including phenoxy) is 2. The van der Waals surface area contributed by atoms with Crippen molar-refractivity contribution in [3.63, 3.8) is 0 Å². The van der Waals surface area contributed by atoms with Crippen LogP contribution in [0.1, 0.15) is 12.5 Å². The number of nitrogens with one attached hydrogen (secondary N) is 2. The maximum atomic E-state index is 14.6. The van der Waals surface area contributed by atoms with E-state index in [-0.39, 0.29) is 18.8 Å². The smallest absolute Gasteiger partial charge is 0.330 e. The van der Waals surface area contributed by atoms with Crippen molar-refractivity contribution >= 4 is 47.3 Å². The van der Waals surface area contributed by atoms with E-state index in [1.807, 2.05) is 4.90 Å². The van der Waals surface area contributed by atoms with Gasteiger partial charge in [0.05, 0.1) is 44.0 Å². The first-order valence-corrected chi connectivity index (χ1v) is 12.0. The molecule has 198 valence electrons. The van der Waals surface area contributed by atoms with Crippen LogP contribution in [0, 0.1) is 11.7 Å². The van der Waals surface area contributed by atoms with Gasteiger partial charge >= 0.3 is 18.0 Å². The second-order valence-corrected chi connectivity index (χ2v) is 8.70. The number of nitrogens with zero attached hydrogens (tertiary/aromatic N) is 3. The van der Waals surface area contributed by atoms with E-state index in [1.165, 1.54) is 20.1 Å². The highest BCUT2D eigenvalue weighted by molar-refractivity contribution is 6.30. The van der Waals surface area contributed by atoms with Crippen LogP contribution in [0.5, 0.6) is 0 Å². The highest BCUT2D eigenvalue weighted by Crippen LogP contribution is 2.25. The van der Waals surface area contributed by atoms with E-state index in [9.17, 15) is 18.8 Å². The van der Waals surface area contributed by atoms with Gasteiger partial charge in [0, 0.05) is 37.3 Å². The predicted octanol–water partition coefficient (Wildman–Crippen LogP) is 3.71. The molecule has 0 aliphatic carbocycles. The van der Waals surface area contributed by atoms with Gasteiger partial charge in [0.1, 0.15) is 5.82 Å². The molecule has 0 unspecified atom stereocenters. The molecule has 0 aromatic heterocycles. The van der Waals surface area contributed by atoms with Crippen LogP contribution >= 0.6 is 11.6 Å². The predicted molar refractivity (Wildman–Crippen MR) is 138 cm³/mol. The number of methoxy groups -OCH3 is 1. The third-order valence-corrected chi connectivity index (χ3v) is 5.84. The molecule has 1 aliphatic heterocycles. The second kappa shape index (κ2) is 13.6. The van der Waals surface area contributed by atoms with Crippen LogP contribution in [-0.2, 0) is 20.8 Å². The number of carbonyl (C=O) groups excluding carboxylic acids is 3. The Morgan fingerprint density at radius 2 is 1.89 bits per heavy atom. The van der Waals surface area contributed by atoms with Gasteiger partial charge in [-0.15, -0.1) is 0 Å². The average Bonchev–Trinajstić information content (AvgIpc) is 2.91. The van der Waals surface area contributed by atoms with Crippen molar-refractivity contribution in [2.45, 2.75) is 13.5 Å². The summed E-state index contributed by atoms with van der Waals surface area (Å²) in [6, 6.07) is 9.77. The Balaban J connectivity index is 1.64. The van der Waals surface area contributed by atoms with Crippen molar-refractivity contribution in [3.8, 4) is 0 Å². The first kappa shape index (κ1) is 27.9. The molecule has 4 amide bonds. The molecule has 1 saturated heterocycles. The summed E-state index contributed by atoms with van der Waals surface area (Å²) in [7, 11) is 1.22. The summed E-state index contributed by atoms with van der Waals surface area (Å²) < 4.78 is 24.6. The van der Waals surface area contributed by atoms with Crippen LogP contribution in [0.15, 0.2) is 47.5 Å². The van der Waals surface area contributed by atoms with Crippen LogP contribution in [0.4, 0.5) is 25.4 Å². The minimum Gasteiger partial charge on any atom is -0.469 e. The van der Waals surface area contributed by atoms with Gasteiger partial charge in [-0.25, -0.2) is 23.9 Å². The number of hydrogen-bond acceptors (Lipinski definition) is 7. The Morgan fingerprint density at radius 1 is 1.19 bits per heavy atom. The molecule has 1 fully saturated rings. The number of esters is 1. The van der Waals surface area contributed by atoms with Gasteiger partial charge in [0.15, 0.2) is 0 Å². The largest absolute Gasteiger partial charge is 0.469 e. The number of aliphatic imine (C=N–C) groups is 1. The molecule has 1 aliphatic rings. The molecule has 2 aromatic carbocycles. The maximum Gasteiger partial charge on any atom is 0.330 e. The van der Waals surface area contributed by atoms with E-state index in [0.29, 0.717) is 37.0 Å². The third-order valence-electron chi connectivity index (χ3n) is 5.59. The molecule has 1 heterocycles. The van der Waals surface area contributed by atoms with Crippen molar-refractivity contribution in [1.29, 1.82) is 0 Å². The lowest BCUT2D eigenvalue weighted by Crippen LogP contribution is -2.50. The number of benzene rings is 2. The van der Waals surface area contributed by atoms with E-state index < -0.39 is 29.8 Å². The van der Waals surface area contributed by atoms with E-state index in [4.69, 9.17) is 21.1 Å². The number of imide groups is 1. The number of hydrogen-bond donors (Lipinski definition) is 2. The monoisotopic (exact) mass is 533 g/mol. The van der Waals surface area contributed by atoms with Crippen LogP contribution in [-0.4, -0.2) is 69.2 Å². The van der Waals surface area contributed by atoms with E-state index in [1.54, 1.807) is 36.4 Å². The molecule has 37 heavy (non-hydrogen) atoms. The van der Waals surface area contributed by atoms with Crippen LogP contribution in [0.25, 0.3) is 0 Å². The summed E-state index contributed by atoms with van der Waals surface area (Å²) in [6.07, 6.45) is 1.06. The Labute approximate surface area is 219 Å². The van der Waals surface area contributed by atoms with Crippen LogP contribution < -0.4 is 15.5 Å². The molecule has 0 radical (unpaired) electrons. The molecule has 12 heteroatoms. The Hall–Kier alpha value is -3.70. The fourth-order valence-electron chi connectivity index (χ4n) is 3.56. The summed E-state index contributed by atoms with van der Waals surface area (Å²) in [6.45, 7) is 3.68. The van der Waals surface area contributed by atoms with Crippen molar-refractivity contribution in [3.05, 3.63) is 58.9 Å². The molecule has 0 spiro atoms. The lowest BCUT2D eigenvalue weighted by Gasteiger charge is -2.29. The van der Waals surface area contributed by atoms with E-state index in [2.05, 4.69) is 15.6 Å². The highest BCUT2D eigenvalue weighted by atomic mass is 35.5. The van der Waals surface area contributed by atoms with Crippen LogP contribution in [0.2, 0.25) is 5.02 Å². The van der Waals surface area contributed by atoms with Gasteiger partial charge in [-0.05, 0) is 29.8 Å². The number of amides is 4. The molecule has 2 N–H and O–H groups in total. The molecule has 2 aromatic rings. The van der Waals surface area contributed by atoms with Crippen molar-refractivity contribution in [2.75, 3.05) is 44.9 Å². The third kappa shape index (κ3) is 8.16. The lowest BCUT2D eigenvalue weighted by atomic mass is 10.2. The Morgan fingerprint density at radius 3 is 2.54 bits per heavy atom. The lowest BCUT2D eigenvalue weighted by molar-refractivity contribution is -0.144. The van der Waals surface area contributed by atoms with Crippen molar-refractivity contribution < 1.29 is 28.2 Å². The van der Waals surface area contributed by atoms with Gasteiger partial charge in [0.2, 0.25) is 0 Å². The van der Waals surface area contributed by atoms with Crippen molar-refractivity contribution in [2.24, 2.45) is 10.9 Å². The number of urea groups is 2. The summed E-state index contributed by atoms with van der Waals surface area (Å²) in [5.74, 6) is -1.79. The van der Waals surface area contributed by atoms with Gasteiger partial charge in [-0.3, -0.25) is 10.1 Å². The molecule has 0 bridgehead atoms. The molecule has 1 atom stereocenters. The molecular weight excluding hydrogens is 505 g/mol. The Kier molecular flexibility index (Phi) is 10.2. The number of halogens is 2. The average molecular weight is 534 g/mol. The molecule has 3 rings (SSSR count). The summed E-state index contributed by atoms with van der Waals surface area (Å²) in [5.41, 5.74) is 1.49. The number of anilines is 1. The molecule has 0 saturated carbocycles. The van der Waals surface area contributed by atoms with Gasteiger partial charge in [-0.2, -0.15) is 0 Å². The van der Waals surface area contributed by atoms with E-state index in [0.717, 1.165) is 16.8 Å². The fourth-order valence-corrected chi connectivity index (χ4v) is 3.69. The minimum absolute atomic E-state index is 0.134. The second-order valence-electron chi connectivity index (χ2n) is 8.26. The standard InChI is InChI=1S/C25H29ClFN5O5/c1-17(23(33)36-2)15-32(24(34)28-14-18-3-5-19(26)6-4-18)25(35)30-16-29-20-7-8-22(21(27)13-20)31-9-11-37-12-10-31/h3-8,13,16-17H,9-12,14-15H2,1-2H3,(H,28,34)(H,29,30,35)/t17-/m0/s1. The number of morpholine rings is 1. The van der Waals surface area contributed by atoms with Gasteiger partial charge < -0.3 is 19.7 Å². The Bertz CT molecular complexity index is 1120. The number of rotatable bonds is 8. The molecular formula is C25H29ClFN5O5. The summed E-state index contributed by atoms with van der Waals surface area (Å²) >= 11 is 5.88. The summed E-state index contributed by atoms with van der Waals surface area (Å²) in [4.78, 5) is 44.3. The topological polar surface area (TPSA) is 113 Å². The zero-order chi connectivity index (χ0) is 26.8. The van der Waals surface area contributed by atoms with Crippen molar-refractivity contribution in [1.82, 2.24) is 15.5 Å². The zero-order valence-corrected chi connectivity index (χ0v) is 21.3. The number of carbonyl (C=O) groups is 3. The minimum atomic E-state index is -0.821. The van der Waals surface area contributed by atoms with Gasteiger partial charge in [-0.1, -0.05) is 30.7 Å². The van der Waals surface area contributed by atoms with Gasteiger partial charge in [0.25, 0.3) is 0 Å². The van der Waals surface area contributed by atoms with Crippen LogP contribution in [0.3, 0.4) is 0 Å². The fraction of sp³-hybridized carbons (Fsp3) is 0.360. The maximum absolute atomic E-state index is 14.6.